The number of hydrogen-bond donors (Lipinski definition) is 1. The zero-order valence-corrected chi connectivity index (χ0v) is 10.3. The molecule has 0 aliphatic heterocycles. The number of hydrogen-bond acceptors (Lipinski definition) is 2. The van der Waals surface area contributed by atoms with Crippen molar-refractivity contribution in [3.05, 3.63) is 41.6 Å². The molecule has 0 spiro atoms. The van der Waals surface area contributed by atoms with Crippen molar-refractivity contribution in [2.75, 3.05) is 5.32 Å². The molecule has 1 aromatic rings. The molecule has 2 heteroatoms. The zero-order chi connectivity index (χ0) is 12.1. The molecular formula is C15H19NO. The Balaban J connectivity index is 2.03. The Hall–Kier alpha value is -1.57. The molecule has 0 unspecified atom stereocenters. The van der Waals surface area contributed by atoms with Crippen molar-refractivity contribution in [2.24, 2.45) is 0 Å². The summed E-state index contributed by atoms with van der Waals surface area (Å²) in [6, 6.07) is 8.20. The Bertz CT molecular complexity index is 417. The number of carbonyl (C=O) groups is 1. The molecule has 2 rings (SSSR count). The summed E-state index contributed by atoms with van der Waals surface area (Å²) in [7, 11) is 0. The summed E-state index contributed by atoms with van der Waals surface area (Å²) in [5.74, 6) is 0.308. The number of aryl methyl sites for hydroxylation is 1. The van der Waals surface area contributed by atoms with Crippen LogP contribution in [0, 0.1) is 6.92 Å². The number of carbonyl (C=O) groups excluding carboxylic acids is 1. The number of nitrogens with one attached hydrogen (secondary N) is 1. The highest BCUT2D eigenvalue weighted by atomic mass is 16.1. The van der Waals surface area contributed by atoms with Gasteiger partial charge in [0.1, 0.15) is 0 Å². The Labute approximate surface area is 103 Å². The molecule has 1 saturated carbocycles. The maximum Gasteiger partial charge on any atom is 0.160 e. The molecular weight excluding hydrogens is 210 g/mol. The summed E-state index contributed by atoms with van der Waals surface area (Å²) < 4.78 is 0. The minimum absolute atomic E-state index is 0.308. The highest BCUT2D eigenvalue weighted by Gasteiger charge is 2.12. The average Bonchev–Trinajstić information content (AvgIpc) is 2.54. The van der Waals surface area contributed by atoms with Crippen LogP contribution in [-0.2, 0) is 4.79 Å². The maximum absolute atomic E-state index is 11.8. The Morgan fingerprint density at radius 2 is 1.76 bits per heavy atom. The van der Waals surface area contributed by atoms with Gasteiger partial charge in [-0.15, -0.1) is 0 Å². The summed E-state index contributed by atoms with van der Waals surface area (Å²) in [5, 5.41) is 3.22. The number of anilines is 1. The molecule has 0 amide bonds. The molecule has 0 aromatic heterocycles. The monoisotopic (exact) mass is 229 g/mol. The minimum atomic E-state index is 0.308. The third-order valence-corrected chi connectivity index (χ3v) is 3.17. The van der Waals surface area contributed by atoms with Gasteiger partial charge in [-0.25, -0.2) is 0 Å². The average molecular weight is 229 g/mol. The minimum Gasteiger partial charge on any atom is -0.361 e. The van der Waals surface area contributed by atoms with Gasteiger partial charge in [0.25, 0.3) is 0 Å². The van der Waals surface area contributed by atoms with E-state index in [1.165, 1.54) is 12.0 Å². The first-order valence-electron chi connectivity index (χ1n) is 6.31. The molecule has 90 valence electrons. The summed E-state index contributed by atoms with van der Waals surface area (Å²) in [6.45, 7) is 2.07. The lowest BCUT2D eigenvalue weighted by Gasteiger charge is -2.05. The van der Waals surface area contributed by atoms with E-state index in [9.17, 15) is 4.79 Å². The topological polar surface area (TPSA) is 29.1 Å². The molecule has 17 heavy (non-hydrogen) atoms. The first-order valence-corrected chi connectivity index (χ1v) is 6.31. The van der Waals surface area contributed by atoms with E-state index in [4.69, 9.17) is 0 Å². The van der Waals surface area contributed by atoms with E-state index in [0.29, 0.717) is 12.2 Å². The van der Waals surface area contributed by atoms with Gasteiger partial charge in [-0.1, -0.05) is 24.1 Å². The molecule has 0 atom stereocenters. The summed E-state index contributed by atoms with van der Waals surface area (Å²) in [5.41, 5.74) is 3.23. The van der Waals surface area contributed by atoms with Crippen LogP contribution in [0.4, 0.5) is 5.69 Å². The molecule has 0 heterocycles. The fourth-order valence-corrected chi connectivity index (χ4v) is 2.05. The molecule has 2 nitrogen and oxygen atoms in total. The molecule has 1 aromatic carbocycles. The highest BCUT2D eigenvalue weighted by molar-refractivity contribution is 5.95. The Morgan fingerprint density at radius 3 is 2.53 bits per heavy atom. The van der Waals surface area contributed by atoms with E-state index in [0.717, 1.165) is 30.5 Å². The predicted octanol–water partition coefficient (Wildman–Crippen LogP) is 3.82. The number of rotatable bonds is 2. The van der Waals surface area contributed by atoms with Gasteiger partial charge in [-0.2, -0.15) is 0 Å². The SMILES string of the molecule is Cc1ccc(NC=C2CCCCCC2=O)cc1. The smallest absolute Gasteiger partial charge is 0.160 e. The van der Waals surface area contributed by atoms with E-state index < -0.39 is 0 Å². The first kappa shape index (κ1) is 11.9. The number of benzene rings is 1. The van der Waals surface area contributed by atoms with Crippen LogP contribution in [0.1, 0.15) is 37.7 Å². The largest absolute Gasteiger partial charge is 0.361 e. The third kappa shape index (κ3) is 3.45. The molecule has 1 fully saturated rings. The van der Waals surface area contributed by atoms with Gasteiger partial charge in [0.15, 0.2) is 5.78 Å². The third-order valence-electron chi connectivity index (χ3n) is 3.17. The van der Waals surface area contributed by atoms with Crippen molar-refractivity contribution in [2.45, 2.75) is 39.0 Å². The van der Waals surface area contributed by atoms with Crippen LogP contribution >= 0.6 is 0 Å². The van der Waals surface area contributed by atoms with E-state index >= 15 is 0 Å². The summed E-state index contributed by atoms with van der Waals surface area (Å²) in [4.78, 5) is 11.8. The van der Waals surface area contributed by atoms with Gasteiger partial charge in [0, 0.05) is 23.9 Å². The van der Waals surface area contributed by atoms with Crippen molar-refractivity contribution in [1.82, 2.24) is 0 Å². The molecule has 1 N–H and O–H groups in total. The van der Waals surface area contributed by atoms with Crippen LogP contribution in [0.3, 0.4) is 0 Å². The van der Waals surface area contributed by atoms with E-state index in [1.807, 2.05) is 18.3 Å². The first-order chi connectivity index (χ1) is 8.25. The number of ketones is 1. The second-order valence-corrected chi connectivity index (χ2v) is 4.66. The van der Waals surface area contributed by atoms with Gasteiger partial charge in [0.2, 0.25) is 0 Å². The van der Waals surface area contributed by atoms with Crippen LogP contribution < -0.4 is 5.32 Å². The highest BCUT2D eigenvalue weighted by Crippen LogP contribution is 2.19. The second-order valence-electron chi connectivity index (χ2n) is 4.66. The zero-order valence-electron chi connectivity index (χ0n) is 10.3. The molecule has 0 bridgehead atoms. The van der Waals surface area contributed by atoms with Crippen LogP contribution in [0.2, 0.25) is 0 Å². The van der Waals surface area contributed by atoms with E-state index in [-0.39, 0.29) is 0 Å². The molecule has 1 aliphatic carbocycles. The van der Waals surface area contributed by atoms with Crippen molar-refractivity contribution in [1.29, 1.82) is 0 Å². The lowest BCUT2D eigenvalue weighted by Crippen LogP contribution is -2.02. The van der Waals surface area contributed by atoms with Crippen molar-refractivity contribution < 1.29 is 4.79 Å². The molecule has 0 saturated heterocycles. The second kappa shape index (κ2) is 5.67. The van der Waals surface area contributed by atoms with Crippen molar-refractivity contribution in [3.63, 3.8) is 0 Å². The van der Waals surface area contributed by atoms with E-state index in [1.54, 1.807) is 0 Å². The fourth-order valence-electron chi connectivity index (χ4n) is 2.05. The van der Waals surface area contributed by atoms with Gasteiger partial charge >= 0.3 is 0 Å². The molecule has 0 radical (unpaired) electrons. The number of allylic oxidation sites excluding steroid dienone is 1. The lowest BCUT2D eigenvalue weighted by molar-refractivity contribution is -0.115. The van der Waals surface area contributed by atoms with Crippen LogP contribution in [0.25, 0.3) is 0 Å². The van der Waals surface area contributed by atoms with E-state index in [2.05, 4.69) is 24.4 Å². The van der Waals surface area contributed by atoms with Crippen LogP contribution in [0.5, 0.6) is 0 Å². The van der Waals surface area contributed by atoms with Gasteiger partial charge in [0.05, 0.1) is 0 Å². The van der Waals surface area contributed by atoms with Crippen molar-refractivity contribution >= 4 is 11.5 Å². The lowest BCUT2D eigenvalue weighted by atomic mass is 10.1. The Morgan fingerprint density at radius 1 is 1.06 bits per heavy atom. The predicted molar refractivity (Wildman–Crippen MR) is 71.0 cm³/mol. The summed E-state index contributed by atoms with van der Waals surface area (Å²) >= 11 is 0. The normalized spacial score (nSPS) is 19.1. The van der Waals surface area contributed by atoms with Gasteiger partial charge in [-0.3, -0.25) is 4.79 Å². The van der Waals surface area contributed by atoms with Crippen LogP contribution in [-0.4, -0.2) is 5.78 Å². The Kier molecular flexibility index (Phi) is 3.97. The number of Topliss-reactive ketones (excluding diaryl/α,β-unsaturated/α-hetero) is 1. The molecule has 1 aliphatic rings. The van der Waals surface area contributed by atoms with Gasteiger partial charge in [-0.05, 0) is 38.3 Å². The fraction of sp³-hybridized carbons (Fsp3) is 0.400. The van der Waals surface area contributed by atoms with Gasteiger partial charge < -0.3 is 5.32 Å². The van der Waals surface area contributed by atoms with Crippen molar-refractivity contribution in [3.8, 4) is 0 Å². The van der Waals surface area contributed by atoms with Crippen LogP contribution in [0.15, 0.2) is 36.0 Å². The quantitative estimate of drug-likeness (QED) is 0.617. The standard InChI is InChI=1S/C15H19NO/c1-12-7-9-14(10-8-12)16-11-13-5-3-2-4-6-15(13)17/h7-11,16H,2-6H2,1H3. The maximum atomic E-state index is 11.8. The summed E-state index contributed by atoms with van der Waals surface area (Å²) in [6.07, 6.45) is 6.86.